The number of hydrogen-bond acceptors (Lipinski definition) is 3. The molecule has 82 valence electrons. The maximum absolute atomic E-state index is 5.96. The average molecular weight is 199 g/mol. The van der Waals surface area contributed by atoms with E-state index < -0.39 is 0 Å². The van der Waals surface area contributed by atoms with Crippen LogP contribution in [0.2, 0.25) is 0 Å². The monoisotopic (exact) mass is 199 g/mol. The fraction of sp³-hybridized carbons (Fsp3) is 1.00. The minimum absolute atomic E-state index is 0.285. The molecule has 3 heterocycles. The predicted molar refractivity (Wildman–Crippen MR) is 55.2 cm³/mol. The molecule has 3 heteroatoms. The lowest BCUT2D eigenvalue weighted by atomic mass is 10.1. The van der Waals surface area contributed by atoms with Crippen molar-refractivity contribution in [1.82, 2.24) is 4.90 Å². The van der Waals surface area contributed by atoms with Crippen molar-refractivity contribution in [2.75, 3.05) is 19.6 Å². The molecule has 2 atom stereocenters. The number of ether oxygens (including phenoxy) is 2. The fourth-order valence-electron chi connectivity index (χ4n) is 2.68. The molecule has 0 radical (unpaired) electrons. The molecule has 3 saturated heterocycles. The molecule has 0 saturated carbocycles. The smallest absolute Gasteiger partial charge is 0.166 e. The first-order valence-corrected chi connectivity index (χ1v) is 5.65. The summed E-state index contributed by atoms with van der Waals surface area (Å²) in [7, 11) is 0. The van der Waals surface area contributed by atoms with Gasteiger partial charge < -0.3 is 9.47 Å². The minimum Gasteiger partial charge on any atom is -0.346 e. The van der Waals surface area contributed by atoms with Gasteiger partial charge in [-0.15, -0.1) is 0 Å². The Labute approximate surface area is 86.4 Å². The molecule has 0 N–H and O–H groups in total. The van der Waals surface area contributed by atoms with E-state index in [0.29, 0.717) is 0 Å². The molecule has 0 aromatic heterocycles. The van der Waals surface area contributed by atoms with Gasteiger partial charge >= 0.3 is 0 Å². The van der Waals surface area contributed by atoms with Gasteiger partial charge in [0.2, 0.25) is 0 Å². The van der Waals surface area contributed by atoms with E-state index in [1.165, 1.54) is 13.0 Å². The molecule has 3 fully saturated rings. The van der Waals surface area contributed by atoms with E-state index in [-0.39, 0.29) is 18.0 Å². The fourth-order valence-corrected chi connectivity index (χ4v) is 2.68. The predicted octanol–water partition coefficient (Wildman–Crippen LogP) is 1.62. The lowest BCUT2D eigenvalue weighted by molar-refractivity contribution is -0.288. The lowest BCUT2D eigenvalue weighted by Crippen LogP contribution is -2.52. The normalized spacial score (nSPS) is 49.5. The Kier molecular flexibility index (Phi) is 2.82. The molecule has 14 heavy (non-hydrogen) atoms. The van der Waals surface area contributed by atoms with E-state index in [2.05, 4.69) is 25.7 Å². The first-order chi connectivity index (χ1) is 6.57. The molecule has 2 bridgehead atoms. The molecule has 0 amide bonds. The van der Waals surface area contributed by atoms with Gasteiger partial charge in [0.1, 0.15) is 0 Å². The van der Waals surface area contributed by atoms with Crippen LogP contribution in [0, 0.1) is 0 Å². The SMILES string of the molecule is CC1CN2CCCC(C)(O1)OC(C)C2. The highest BCUT2D eigenvalue weighted by Gasteiger charge is 2.35. The Morgan fingerprint density at radius 3 is 2.29 bits per heavy atom. The van der Waals surface area contributed by atoms with Crippen LogP contribution in [0.5, 0.6) is 0 Å². The quantitative estimate of drug-likeness (QED) is 0.592. The van der Waals surface area contributed by atoms with Crippen molar-refractivity contribution in [3.63, 3.8) is 0 Å². The van der Waals surface area contributed by atoms with E-state index >= 15 is 0 Å². The van der Waals surface area contributed by atoms with Crippen LogP contribution in [0.25, 0.3) is 0 Å². The Morgan fingerprint density at radius 2 is 1.71 bits per heavy atom. The second-order valence-electron chi connectivity index (χ2n) is 4.85. The van der Waals surface area contributed by atoms with Gasteiger partial charge in [0.25, 0.3) is 0 Å². The van der Waals surface area contributed by atoms with Gasteiger partial charge in [-0.25, -0.2) is 0 Å². The van der Waals surface area contributed by atoms with Crippen LogP contribution in [0.4, 0.5) is 0 Å². The topological polar surface area (TPSA) is 21.7 Å². The first-order valence-electron chi connectivity index (χ1n) is 5.65. The van der Waals surface area contributed by atoms with E-state index in [1.54, 1.807) is 0 Å². The van der Waals surface area contributed by atoms with E-state index in [4.69, 9.17) is 9.47 Å². The average Bonchev–Trinajstić information content (AvgIpc) is 1.96. The summed E-state index contributed by atoms with van der Waals surface area (Å²) in [5, 5.41) is 0. The number of rotatable bonds is 0. The van der Waals surface area contributed by atoms with Crippen molar-refractivity contribution in [2.24, 2.45) is 0 Å². The van der Waals surface area contributed by atoms with Crippen LogP contribution in [0.15, 0.2) is 0 Å². The zero-order chi connectivity index (χ0) is 10.2. The Morgan fingerprint density at radius 1 is 1.14 bits per heavy atom. The Balaban J connectivity index is 2.16. The molecular formula is C11H21NO2. The Hall–Kier alpha value is -0.120. The number of nitrogens with zero attached hydrogens (tertiary/aromatic N) is 1. The summed E-state index contributed by atoms with van der Waals surface area (Å²) in [6.07, 6.45) is 2.76. The van der Waals surface area contributed by atoms with Crippen molar-refractivity contribution in [1.29, 1.82) is 0 Å². The summed E-state index contributed by atoms with van der Waals surface area (Å²) in [5.41, 5.74) is 0. The lowest BCUT2D eigenvalue weighted by Gasteiger charge is -2.44. The molecule has 0 spiro atoms. The molecule has 2 unspecified atom stereocenters. The molecule has 3 nitrogen and oxygen atoms in total. The van der Waals surface area contributed by atoms with Crippen molar-refractivity contribution in [2.45, 2.75) is 51.6 Å². The highest BCUT2D eigenvalue weighted by atomic mass is 16.7. The third-order valence-corrected chi connectivity index (χ3v) is 3.04. The van der Waals surface area contributed by atoms with Crippen molar-refractivity contribution >= 4 is 0 Å². The maximum Gasteiger partial charge on any atom is 0.166 e. The molecule has 3 rings (SSSR count). The van der Waals surface area contributed by atoms with Gasteiger partial charge in [0.15, 0.2) is 5.79 Å². The summed E-state index contributed by atoms with van der Waals surface area (Å²) in [5.74, 6) is -0.342. The maximum atomic E-state index is 5.96. The number of hydrogen-bond donors (Lipinski definition) is 0. The third-order valence-electron chi connectivity index (χ3n) is 3.04. The summed E-state index contributed by atoms with van der Waals surface area (Å²) in [4.78, 5) is 2.45. The second-order valence-corrected chi connectivity index (χ2v) is 4.85. The third kappa shape index (κ3) is 2.27. The van der Waals surface area contributed by atoms with Gasteiger partial charge in [-0.2, -0.15) is 0 Å². The van der Waals surface area contributed by atoms with Crippen LogP contribution in [0.3, 0.4) is 0 Å². The van der Waals surface area contributed by atoms with Gasteiger partial charge in [0, 0.05) is 19.5 Å². The Bertz CT molecular complexity index is 193. The molecule has 0 aliphatic carbocycles. The van der Waals surface area contributed by atoms with Crippen molar-refractivity contribution in [3.8, 4) is 0 Å². The van der Waals surface area contributed by atoms with Gasteiger partial charge in [-0.1, -0.05) is 0 Å². The minimum atomic E-state index is -0.342. The largest absolute Gasteiger partial charge is 0.346 e. The van der Waals surface area contributed by atoms with Gasteiger partial charge in [-0.05, 0) is 33.7 Å². The van der Waals surface area contributed by atoms with Crippen LogP contribution < -0.4 is 0 Å². The van der Waals surface area contributed by atoms with E-state index in [9.17, 15) is 0 Å². The molecule has 0 aromatic rings. The molecule has 3 aliphatic heterocycles. The van der Waals surface area contributed by atoms with Crippen molar-refractivity contribution < 1.29 is 9.47 Å². The standard InChI is InChI=1S/C11H21NO2/c1-9-7-12-6-4-5-11(3,13-9)14-10(2)8-12/h9-10H,4-8H2,1-3H3. The second kappa shape index (κ2) is 3.80. The van der Waals surface area contributed by atoms with E-state index in [0.717, 1.165) is 19.5 Å². The van der Waals surface area contributed by atoms with Crippen LogP contribution >= 0.6 is 0 Å². The zero-order valence-corrected chi connectivity index (χ0v) is 9.45. The summed E-state index contributed by atoms with van der Waals surface area (Å²) in [6, 6.07) is 0. The highest BCUT2D eigenvalue weighted by Crippen LogP contribution is 2.28. The van der Waals surface area contributed by atoms with Crippen LogP contribution in [-0.2, 0) is 9.47 Å². The summed E-state index contributed by atoms with van der Waals surface area (Å²) >= 11 is 0. The zero-order valence-electron chi connectivity index (χ0n) is 9.45. The molecular weight excluding hydrogens is 178 g/mol. The molecule has 0 aromatic carbocycles. The number of fused-ring (bicyclic) bond motifs is 6. The van der Waals surface area contributed by atoms with Gasteiger partial charge in [-0.3, -0.25) is 4.90 Å². The van der Waals surface area contributed by atoms with E-state index in [1.807, 2.05) is 0 Å². The van der Waals surface area contributed by atoms with Crippen LogP contribution in [-0.4, -0.2) is 42.5 Å². The highest BCUT2D eigenvalue weighted by molar-refractivity contribution is 4.79. The first kappa shape index (κ1) is 10.4. The van der Waals surface area contributed by atoms with Crippen molar-refractivity contribution in [3.05, 3.63) is 0 Å². The molecule has 3 aliphatic rings. The van der Waals surface area contributed by atoms with Crippen LogP contribution in [0.1, 0.15) is 33.6 Å². The summed E-state index contributed by atoms with van der Waals surface area (Å²) < 4.78 is 11.9. The summed E-state index contributed by atoms with van der Waals surface area (Å²) in [6.45, 7) is 9.64. The van der Waals surface area contributed by atoms with Gasteiger partial charge in [0.05, 0.1) is 12.2 Å².